The second-order valence-corrected chi connectivity index (χ2v) is 9.69. The molecule has 3 aromatic rings. The molecule has 4 rings (SSSR count). The number of ether oxygens (including phenoxy) is 1. The van der Waals surface area contributed by atoms with Crippen molar-refractivity contribution in [2.45, 2.75) is 24.7 Å². The topological polar surface area (TPSA) is 45.7 Å². The number of likely N-dealkylation sites (N-methyl/N-ethyl adjacent to an activating group) is 1. The minimum absolute atomic E-state index is 0.169. The van der Waals surface area contributed by atoms with E-state index in [1.807, 2.05) is 11.0 Å². The van der Waals surface area contributed by atoms with E-state index in [0.717, 1.165) is 17.7 Å². The van der Waals surface area contributed by atoms with E-state index < -0.39 is 17.6 Å². The largest absolute Gasteiger partial charge is 0.481 e. The minimum atomic E-state index is -4.77. The number of likely N-dealkylation sites (tertiary alicyclic amines) is 1. The molecular formula is C26H23Cl2F4N3O2. The Morgan fingerprint density at radius 3 is 2.51 bits per heavy atom. The molecule has 2 atom stereocenters. The number of pyridine rings is 1. The molecule has 1 aliphatic heterocycles. The average Bonchev–Trinajstić information content (AvgIpc) is 3.30. The van der Waals surface area contributed by atoms with Crippen LogP contribution in [0.15, 0.2) is 54.7 Å². The smallest absolute Gasteiger partial charge is 0.419 e. The van der Waals surface area contributed by atoms with Crippen molar-refractivity contribution in [1.82, 2.24) is 14.8 Å². The predicted molar refractivity (Wildman–Crippen MR) is 133 cm³/mol. The van der Waals surface area contributed by atoms with Gasteiger partial charge < -0.3 is 9.64 Å². The van der Waals surface area contributed by atoms with Crippen molar-refractivity contribution in [2.24, 2.45) is 0 Å². The van der Waals surface area contributed by atoms with Crippen LogP contribution in [0, 0.1) is 5.82 Å². The molecule has 196 valence electrons. The first-order valence-corrected chi connectivity index (χ1v) is 12.0. The van der Waals surface area contributed by atoms with Crippen molar-refractivity contribution < 1.29 is 27.1 Å². The normalized spacial score (nSPS) is 17.9. The number of rotatable bonds is 6. The van der Waals surface area contributed by atoms with Crippen molar-refractivity contribution in [3.05, 3.63) is 92.8 Å². The van der Waals surface area contributed by atoms with E-state index in [-0.39, 0.29) is 24.4 Å². The zero-order valence-corrected chi connectivity index (χ0v) is 21.4. The maximum Gasteiger partial charge on any atom is 0.419 e. The number of hydrogen-bond donors (Lipinski definition) is 0. The zero-order valence-electron chi connectivity index (χ0n) is 19.9. The van der Waals surface area contributed by atoms with E-state index >= 15 is 0 Å². The Bertz CT molecular complexity index is 1310. The zero-order chi connectivity index (χ0) is 26.9. The molecule has 0 saturated carbocycles. The molecule has 1 aromatic heterocycles. The molecule has 1 fully saturated rings. The van der Waals surface area contributed by atoms with Gasteiger partial charge in [0.1, 0.15) is 5.82 Å². The Morgan fingerprint density at radius 1 is 1.11 bits per heavy atom. The van der Waals surface area contributed by atoms with Crippen LogP contribution in [0.1, 0.15) is 33.0 Å². The lowest BCUT2D eigenvalue weighted by molar-refractivity contribution is -0.140. The molecule has 5 nitrogen and oxygen atoms in total. The Balaban J connectivity index is 1.61. The van der Waals surface area contributed by atoms with Crippen molar-refractivity contribution in [1.29, 1.82) is 0 Å². The van der Waals surface area contributed by atoms with Gasteiger partial charge in [-0.2, -0.15) is 13.2 Å². The number of hydrogen-bond acceptors (Lipinski definition) is 4. The Labute approximate surface area is 221 Å². The fourth-order valence-corrected chi connectivity index (χ4v) is 4.90. The molecule has 37 heavy (non-hydrogen) atoms. The molecule has 1 saturated heterocycles. The Hall–Kier alpha value is -2.88. The van der Waals surface area contributed by atoms with Gasteiger partial charge in [-0.3, -0.25) is 9.69 Å². The quantitative estimate of drug-likeness (QED) is 0.335. The van der Waals surface area contributed by atoms with E-state index in [9.17, 15) is 22.4 Å². The van der Waals surface area contributed by atoms with Gasteiger partial charge in [-0.15, -0.1) is 0 Å². The van der Waals surface area contributed by atoms with E-state index in [1.54, 1.807) is 36.2 Å². The number of benzene rings is 2. The molecule has 0 spiro atoms. The number of alkyl halides is 3. The molecule has 0 aliphatic carbocycles. The highest BCUT2D eigenvalue weighted by atomic mass is 35.5. The first-order valence-electron chi connectivity index (χ1n) is 11.3. The van der Waals surface area contributed by atoms with Crippen LogP contribution in [0.5, 0.6) is 5.88 Å². The Morgan fingerprint density at radius 2 is 1.86 bits per heavy atom. The lowest BCUT2D eigenvalue weighted by atomic mass is 9.93. The summed E-state index contributed by atoms with van der Waals surface area (Å²) in [6, 6.07) is 11.1. The van der Waals surface area contributed by atoms with E-state index in [1.165, 1.54) is 19.4 Å². The summed E-state index contributed by atoms with van der Waals surface area (Å²) in [7, 11) is 3.25. The standard InChI is InChI=1S/C26H23Cl2F4N3O2/c1-34(12-15-3-5-19(22(29)9-15)26(30,31)32)23-14-35(25(36)17-7-8-33-24(11-17)37-2)13-18(23)16-4-6-20(27)21(28)10-16/h3-11,18,23H,12-14H2,1-2H3/t18-,23-/m1/s1. The second kappa shape index (κ2) is 10.8. The summed E-state index contributed by atoms with van der Waals surface area (Å²) in [6.07, 6.45) is -3.28. The Kier molecular flexibility index (Phi) is 7.96. The molecule has 1 amide bonds. The first kappa shape index (κ1) is 27.2. The van der Waals surface area contributed by atoms with Crippen LogP contribution in [-0.2, 0) is 12.7 Å². The molecule has 0 radical (unpaired) electrons. The second-order valence-electron chi connectivity index (χ2n) is 8.87. The molecule has 0 bridgehead atoms. The van der Waals surface area contributed by atoms with Gasteiger partial charge >= 0.3 is 6.18 Å². The van der Waals surface area contributed by atoms with Gasteiger partial charge in [0.2, 0.25) is 5.88 Å². The molecule has 2 heterocycles. The van der Waals surface area contributed by atoms with Crippen molar-refractivity contribution in [3.63, 3.8) is 0 Å². The highest BCUT2D eigenvalue weighted by Crippen LogP contribution is 2.36. The van der Waals surface area contributed by atoms with Crippen LogP contribution in [0.2, 0.25) is 10.0 Å². The van der Waals surface area contributed by atoms with E-state index in [0.29, 0.717) is 40.1 Å². The molecular weight excluding hydrogens is 533 g/mol. The summed E-state index contributed by atoms with van der Waals surface area (Å²) in [5.74, 6) is -1.42. The molecule has 2 aromatic carbocycles. The van der Waals surface area contributed by atoms with Gasteiger partial charge in [0.15, 0.2) is 0 Å². The summed E-state index contributed by atoms with van der Waals surface area (Å²) in [5, 5.41) is 0.763. The maximum absolute atomic E-state index is 14.2. The molecule has 0 N–H and O–H groups in total. The highest BCUT2D eigenvalue weighted by molar-refractivity contribution is 6.42. The summed E-state index contributed by atoms with van der Waals surface area (Å²) in [5.41, 5.74) is 0.336. The molecule has 1 aliphatic rings. The van der Waals surface area contributed by atoms with Gasteiger partial charge in [0.05, 0.1) is 22.7 Å². The summed E-state index contributed by atoms with van der Waals surface area (Å²) < 4.78 is 58.2. The van der Waals surface area contributed by atoms with Crippen molar-refractivity contribution >= 4 is 29.1 Å². The van der Waals surface area contributed by atoms with Crippen LogP contribution >= 0.6 is 23.2 Å². The van der Waals surface area contributed by atoms with Crippen molar-refractivity contribution in [3.8, 4) is 5.88 Å². The summed E-state index contributed by atoms with van der Waals surface area (Å²) >= 11 is 12.4. The number of carbonyl (C=O) groups excluding carboxylic acids is 1. The monoisotopic (exact) mass is 555 g/mol. The van der Waals surface area contributed by atoms with Gasteiger partial charge in [-0.05, 0) is 48.5 Å². The average molecular weight is 556 g/mol. The fraction of sp³-hybridized carbons (Fsp3) is 0.308. The SMILES string of the molecule is COc1cc(C(=O)N2C[C@H](c3ccc(Cl)c(Cl)c3)[C@H](N(C)Cc3ccc(C(F)(F)F)c(F)c3)C2)ccn1. The van der Waals surface area contributed by atoms with Gasteiger partial charge in [0, 0.05) is 49.4 Å². The lowest BCUT2D eigenvalue weighted by Crippen LogP contribution is -2.38. The number of aromatic nitrogens is 1. The van der Waals surface area contributed by atoms with Crippen LogP contribution < -0.4 is 4.74 Å². The number of halogens is 6. The van der Waals surface area contributed by atoms with Crippen LogP contribution in [0.4, 0.5) is 17.6 Å². The number of methoxy groups -OCH3 is 1. The number of amides is 1. The number of nitrogens with zero attached hydrogens (tertiary/aromatic N) is 3. The fourth-order valence-electron chi connectivity index (χ4n) is 4.60. The van der Waals surface area contributed by atoms with Crippen LogP contribution in [0.25, 0.3) is 0 Å². The van der Waals surface area contributed by atoms with Gasteiger partial charge in [0.25, 0.3) is 5.91 Å². The third kappa shape index (κ3) is 6.00. The van der Waals surface area contributed by atoms with Crippen molar-refractivity contribution in [2.75, 3.05) is 27.2 Å². The third-order valence-electron chi connectivity index (χ3n) is 6.48. The third-order valence-corrected chi connectivity index (χ3v) is 7.22. The number of carbonyl (C=O) groups is 1. The van der Waals surface area contributed by atoms with Crippen LogP contribution in [0.3, 0.4) is 0 Å². The van der Waals surface area contributed by atoms with E-state index in [2.05, 4.69) is 4.98 Å². The van der Waals surface area contributed by atoms with E-state index in [4.69, 9.17) is 27.9 Å². The van der Waals surface area contributed by atoms with Crippen LogP contribution in [-0.4, -0.2) is 54.0 Å². The minimum Gasteiger partial charge on any atom is -0.481 e. The van der Waals surface area contributed by atoms with Gasteiger partial charge in [-0.1, -0.05) is 35.3 Å². The first-order chi connectivity index (χ1) is 17.5. The molecule has 0 unspecified atom stereocenters. The summed E-state index contributed by atoms with van der Waals surface area (Å²) in [6.45, 7) is 0.856. The summed E-state index contributed by atoms with van der Waals surface area (Å²) in [4.78, 5) is 21.0. The van der Waals surface area contributed by atoms with Gasteiger partial charge in [-0.25, -0.2) is 9.37 Å². The highest BCUT2D eigenvalue weighted by Gasteiger charge is 2.39. The molecule has 11 heteroatoms. The lowest BCUT2D eigenvalue weighted by Gasteiger charge is -2.29. The predicted octanol–water partition coefficient (Wildman–Crippen LogP) is 6.30. The maximum atomic E-state index is 14.2.